The highest BCUT2D eigenvalue weighted by atomic mass is 16.6. The Balaban J connectivity index is 1.69. The van der Waals surface area contributed by atoms with Gasteiger partial charge in [-0.3, -0.25) is 4.79 Å². The van der Waals surface area contributed by atoms with Gasteiger partial charge in [0.05, 0.1) is 11.5 Å². The first-order chi connectivity index (χ1) is 10.8. The summed E-state index contributed by atoms with van der Waals surface area (Å²) in [6.45, 7) is 8.82. The smallest absolute Gasteiger partial charge is 0.312 e. The molecule has 0 radical (unpaired) electrons. The summed E-state index contributed by atoms with van der Waals surface area (Å²) in [5.74, 6) is 1.22. The van der Waals surface area contributed by atoms with Gasteiger partial charge in [-0.05, 0) is 62.7 Å². The first-order valence-electron chi connectivity index (χ1n) is 9.40. The predicted octanol–water partition coefficient (Wildman–Crippen LogP) is 3.46. The average Bonchev–Trinajstić information content (AvgIpc) is 2.91. The summed E-state index contributed by atoms with van der Waals surface area (Å²) in [5, 5.41) is 11.4. The lowest BCUT2D eigenvalue weighted by Gasteiger charge is -2.63. The van der Waals surface area contributed by atoms with E-state index in [9.17, 15) is 9.90 Å². The van der Waals surface area contributed by atoms with Crippen LogP contribution in [0.5, 0.6) is 0 Å². The van der Waals surface area contributed by atoms with Crippen molar-refractivity contribution < 1.29 is 14.6 Å². The first-order valence-corrected chi connectivity index (χ1v) is 9.40. The predicted molar refractivity (Wildman–Crippen MR) is 86.5 cm³/mol. The number of ether oxygens (including phenoxy) is 1. The molecule has 2 bridgehead atoms. The third-order valence-electron chi connectivity index (χ3n) is 8.80. The van der Waals surface area contributed by atoms with Crippen molar-refractivity contribution >= 4 is 5.97 Å². The van der Waals surface area contributed by atoms with Gasteiger partial charge in [0.15, 0.2) is 0 Å². The number of aliphatic hydroxyl groups excluding tert-OH is 1. The molecule has 0 aromatic heterocycles. The molecule has 1 N–H and O–H groups in total. The van der Waals surface area contributed by atoms with E-state index < -0.39 is 6.10 Å². The van der Waals surface area contributed by atoms with Gasteiger partial charge in [-0.1, -0.05) is 25.5 Å². The van der Waals surface area contributed by atoms with E-state index in [-0.39, 0.29) is 34.2 Å². The van der Waals surface area contributed by atoms with Crippen molar-refractivity contribution in [1.29, 1.82) is 0 Å². The normalized spacial score (nSPS) is 60.2. The summed E-state index contributed by atoms with van der Waals surface area (Å²) in [5.41, 5.74) is 0.987. The van der Waals surface area contributed by atoms with Gasteiger partial charge in [0.1, 0.15) is 6.10 Å². The summed E-state index contributed by atoms with van der Waals surface area (Å²) in [7, 11) is 0. The molecular weight excluding hydrogens is 288 g/mol. The van der Waals surface area contributed by atoms with Crippen molar-refractivity contribution in [2.75, 3.05) is 0 Å². The zero-order chi connectivity index (χ0) is 16.2. The molecule has 23 heavy (non-hydrogen) atoms. The Bertz CT molecular complexity index is 612. The Kier molecular flexibility index (Phi) is 2.55. The second-order valence-electron chi connectivity index (χ2n) is 9.67. The van der Waals surface area contributed by atoms with Crippen molar-refractivity contribution in [2.45, 2.75) is 71.0 Å². The molecule has 0 unspecified atom stereocenters. The van der Waals surface area contributed by atoms with E-state index in [2.05, 4.69) is 20.4 Å². The van der Waals surface area contributed by atoms with Crippen LogP contribution in [0.2, 0.25) is 0 Å². The Hall–Kier alpha value is -0.830. The molecule has 5 fully saturated rings. The number of rotatable bonds is 0. The Morgan fingerprint density at radius 1 is 1.26 bits per heavy atom. The maximum Gasteiger partial charge on any atom is 0.312 e. The molecule has 1 saturated heterocycles. The highest BCUT2D eigenvalue weighted by Crippen LogP contribution is 2.74. The number of aliphatic hydroxyl groups is 1. The van der Waals surface area contributed by atoms with Gasteiger partial charge >= 0.3 is 5.97 Å². The fraction of sp³-hybridized carbons (Fsp3) is 0.850. The van der Waals surface area contributed by atoms with Gasteiger partial charge in [-0.2, -0.15) is 0 Å². The Morgan fingerprint density at radius 2 is 2.04 bits per heavy atom. The average molecular weight is 316 g/mol. The highest BCUT2D eigenvalue weighted by Gasteiger charge is 2.74. The van der Waals surface area contributed by atoms with E-state index >= 15 is 0 Å². The van der Waals surface area contributed by atoms with Crippen molar-refractivity contribution in [3.05, 3.63) is 12.2 Å². The maximum absolute atomic E-state index is 12.7. The minimum absolute atomic E-state index is 0.0547. The number of carbonyl (C=O) groups is 1. The van der Waals surface area contributed by atoms with Crippen molar-refractivity contribution in [3.8, 4) is 0 Å². The van der Waals surface area contributed by atoms with Gasteiger partial charge < -0.3 is 9.84 Å². The number of carbonyl (C=O) groups excluding carboxylic acids is 1. The molecular formula is C20H28O3. The largest absolute Gasteiger partial charge is 0.459 e. The molecule has 0 amide bonds. The minimum atomic E-state index is -0.503. The molecule has 5 aliphatic rings. The molecule has 1 heterocycles. The van der Waals surface area contributed by atoms with Crippen LogP contribution in [-0.4, -0.2) is 23.3 Å². The van der Waals surface area contributed by atoms with Gasteiger partial charge in [-0.25, -0.2) is 0 Å². The molecule has 1 spiro atoms. The third-order valence-corrected chi connectivity index (χ3v) is 8.80. The Morgan fingerprint density at radius 3 is 2.83 bits per heavy atom. The lowest BCUT2D eigenvalue weighted by molar-refractivity contribution is -0.219. The second kappa shape index (κ2) is 4.04. The lowest BCUT2D eigenvalue weighted by atomic mass is 9.40. The van der Waals surface area contributed by atoms with Crippen LogP contribution in [0.3, 0.4) is 0 Å². The molecule has 4 aliphatic carbocycles. The van der Waals surface area contributed by atoms with Crippen LogP contribution >= 0.6 is 0 Å². The molecule has 126 valence electrons. The van der Waals surface area contributed by atoms with Crippen LogP contribution < -0.4 is 0 Å². The van der Waals surface area contributed by atoms with E-state index in [4.69, 9.17) is 4.74 Å². The van der Waals surface area contributed by atoms with Crippen LogP contribution in [-0.2, 0) is 9.53 Å². The number of allylic oxidation sites excluding steroid dienone is 1. The second-order valence-corrected chi connectivity index (χ2v) is 9.67. The van der Waals surface area contributed by atoms with Gasteiger partial charge in [0.25, 0.3) is 0 Å². The molecule has 8 atom stereocenters. The fourth-order valence-corrected chi connectivity index (χ4v) is 8.02. The SMILES string of the molecule is C=C1C[C@]23C[C@H]1CC[C@H]2[C@]1(C)CCC[C@@]2(C)C(=O)O[C@@H]([C@@H]3O)[C@@H]12. The summed E-state index contributed by atoms with van der Waals surface area (Å²) >= 11 is 0. The van der Waals surface area contributed by atoms with Crippen LogP contribution in [0.4, 0.5) is 0 Å². The zero-order valence-corrected chi connectivity index (χ0v) is 14.3. The summed E-state index contributed by atoms with van der Waals surface area (Å²) in [6, 6.07) is 0. The van der Waals surface area contributed by atoms with E-state index in [0.29, 0.717) is 11.8 Å². The molecule has 3 nitrogen and oxygen atoms in total. The summed E-state index contributed by atoms with van der Waals surface area (Å²) in [4.78, 5) is 12.7. The van der Waals surface area contributed by atoms with Crippen LogP contribution in [0.25, 0.3) is 0 Å². The number of esters is 1. The van der Waals surface area contributed by atoms with Gasteiger partial charge in [-0.15, -0.1) is 0 Å². The van der Waals surface area contributed by atoms with E-state index in [1.165, 1.54) is 24.8 Å². The zero-order valence-electron chi connectivity index (χ0n) is 14.3. The molecule has 0 aromatic carbocycles. The van der Waals surface area contributed by atoms with Crippen LogP contribution in [0.15, 0.2) is 12.2 Å². The molecule has 5 rings (SSSR count). The maximum atomic E-state index is 12.7. The van der Waals surface area contributed by atoms with Crippen molar-refractivity contribution in [2.24, 2.45) is 34.0 Å². The fourth-order valence-electron chi connectivity index (χ4n) is 8.02. The Labute approximate surface area is 138 Å². The van der Waals surface area contributed by atoms with Crippen LogP contribution in [0.1, 0.15) is 58.8 Å². The number of hydrogen-bond acceptors (Lipinski definition) is 3. The van der Waals surface area contributed by atoms with E-state index in [0.717, 1.165) is 25.7 Å². The van der Waals surface area contributed by atoms with Crippen LogP contribution in [0, 0.1) is 34.0 Å². The van der Waals surface area contributed by atoms with Gasteiger partial charge in [0, 0.05) is 11.3 Å². The minimum Gasteiger partial charge on any atom is -0.459 e. The molecule has 1 aliphatic heterocycles. The quantitative estimate of drug-likeness (QED) is 0.550. The monoisotopic (exact) mass is 316 g/mol. The van der Waals surface area contributed by atoms with Crippen molar-refractivity contribution in [3.63, 3.8) is 0 Å². The van der Waals surface area contributed by atoms with E-state index in [1.54, 1.807) is 0 Å². The highest BCUT2D eigenvalue weighted by molar-refractivity contribution is 5.80. The first kappa shape index (κ1) is 14.5. The topological polar surface area (TPSA) is 46.5 Å². The van der Waals surface area contributed by atoms with Crippen molar-refractivity contribution in [1.82, 2.24) is 0 Å². The number of hydrogen-bond donors (Lipinski definition) is 1. The standard InChI is InChI=1S/C20H28O3/c1-11-9-20-10-12(11)5-6-13(20)18(2)7-4-8-19(3)15(18)14(16(20)21)23-17(19)22/h12-16,21H,1,4-10H2,2-3H3/t12-,13+,14-,15+,16+,18+,19-,20+/m1/s1. The summed E-state index contributed by atoms with van der Waals surface area (Å²) in [6.07, 6.45) is 6.82. The summed E-state index contributed by atoms with van der Waals surface area (Å²) < 4.78 is 5.87. The molecule has 4 saturated carbocycles. The van der Waals surface area contributed by atoms with Gasteiger partial charge in [0.2, 0.25) is 0 Å². The van der Waals surface area contributed by atoms with E-state index in [1.807, 2.05) is 0 Å². The molecule has 3 heteroatoms. The lowest BCUT2D eigenvalue weighted by Crippen LogP contribution is -2.65. The molecule has 0 aromatic rings. The number of fused-ring (bicyclic) bond motifs is 2. The third kappa shape index (κ3) is 1.41.